The van der Waals surface area contributed by atoms with Crippen LogP contribution in [0.3, 0.4) is 0 Å². The lowest BCUT2D eigenvalue weighted by atomic mass is 10.2. The van der Waals surface area contributed by atoms with Gasteiger partial charge in [0, 0.05) is 15.5 Å². The van der Waals surface area contributed by atoms with Crippen molar-refractivity contribution < 1.29 is 22.7 Å². The minimum atomic E-state index is -3.29. The minimum absolute atomic E-state index is 0.158. The van der Waals surface area contributed by atoms with Gasteiger partial charge in [0.1, 0.15) is 0 Å². The average molecular weight is 459 g/mol. The molecule has 0 radical (unpaired) electrons. The van der Waals surface area contributed by atoms with Crippen LogP contribution in [0.25, 0.3) is 0 Å². The predicted octanol–water partition coefficient (Wildman–Crippen LogP) is 2.49. The fourth-order valence-electron chi connectivity index (χ4n) is 1.82. The molecular formula is C16H14INO5S. The van der Waals surface area contributed by atoms with Gasteiger partial charge in [0.15, 0.2) is 16.4 Å². The van der Waals surface area contributed by atoms with Crippen molar-refractivity contribution in [2.75, 3.05) is 18.2 Å². The van der Waals surface area contributed by atoms with Gasteiger partial charge >= 0.3 is 5.97 Å². The van der Waals surface area contributed by atoms with Crippen molar-refractivity contribution in [1.82, 2.24) is 0 Å². The van der Waals surface area contributed by atoms with Crippen LogP contribution in [0.15, 0.2) is 53.4 Å². The number of ether oxygens (including phenoxy) is 1. The predicted molar refractivity (Wildman–Crippen MR) is 97.6 cm³/mol. The van der Waals surface area contributed by atoms with Crippen LogP contribution < -0.4 is 5.32 Å². The van der Waals surface area contributed by atoms with Gasteiger partial charge in [-0.05, 0) is 59.0 Å². The topological polar surface area (TPSA) is 89.5 Å². The first-order valence-corrected chi connectivity index (χ1v) is 9.76. The summed E-state index contributed by atoms with van der Waals surface area (Å²) in [7, 11) is -3.29. The first-order valence-electron chi connectivity index (χ1n) is 6.79. The highest BCUT2D eigenvalue weighted by Crippen LogP contribution is 2.14. The Morgan fingerprint density at radius 3 is 2.29 bits per heavy atom. The number of esters is 1. The van der Waals surface area contributed by atoms with Crippen LogP contribution in [0.2, 0.25) is 0 Å². The Labute approximate surface area is 153 Å². The van der Waals surface area contributed by atoms with E-state index < -0.39 is 28.3 Å². The van der Waals surface area contributed by atoms with E-state index in [0.717, 1.165) is 9.83 Å². The Morgan fingerprint density at radius 2 is 1.71 bits per heavy atom. The maximum absolute atomic E-state index is 11.9. The normalized spacial score (nSPS) is 10.9. The third-order valence-corrected chi connectivity index (χ3v) is 5.06. The maximum Gasteiger partial charge on any atom is 0.339 e. The second-order valence-electron chi connectivity index (χ2n) is 4.90. The summed E-state index contributed by atoms with van der Waals surface area (Å²) in [5.74, 6) is -1.09. The fraction of sp³-hybridized carbons (Fsp3) is 0.125. The standard InChI is InChI=1S/C16H14INO5S/c1-24(21,22)12-8-6-11(7-9-12)18-15(19)10-23-16(20)13-4-2-3-5-14(13)17/h2-9H,10H2,1H3,(H,18,19). The molecule has 0 saturated heterocycles. The highest BCUT2D eigenvalue weighted by molar-refractivity contribution is 14.1. The van der Waals surface area contributed by atoms with Gasteiger partial charge in [0.25, 0.3) is 5.91 Å². The minimum Gasteiger partial charge on any atom is -0.452 e. The Kier molecular flexibility index (Phi) is 5.94. The van der Waals surface area contributed by atoms with Crippen molar-refractivity contribution in [3.63, 3.8) is 0 Å². The van der Waals surface area contributed by atoms with E-state index in [1.54, 1.807) is 24.3 Å². The van der Waals surface area contributed by atoms with Gasteiger partial charge in [-0.2, -0.15) is 0 Å². The summed E-state index contributed by atoms with van der Waals surface area (Å²) in [5.41, 5.74) is 0.807. The number of nitrogens with one attached hydrogen (secondary N) is 1. The van der Waals surface area contributed by atoms with Crippen molar-refractivity contribution in [3.05, 3.63) is 57.7 Å². The highest BCUT2D eigenvalue weighted by atomic mass is 127. The van der Waals surface area contributed by atoms with Gasteiger partial charge in [-0.15, -0.1) is 0 Å². The van der Waals surface area contributed by atoms with Crippen molar-refractivity contribution in [2.24, 2.45) is 0 Å². The van der Waals surface area contributed by atoms with Gasteiger partial charge in [0.2, 0.25) is 0 Å². The van der Waals surface area contributed by atoms with Gasteiger partial charge in [-0.25, -0.2) is 13.2 Å². The molecule has 1 amide bonds. The van der Waals surface area contributed by atoms with E-state index in [1.165, 1.54) is 24.3 Å². The molecule has 0 aliphatic rings. The second kappa shape index (κ2) is 7.75. The number of hydrogen-bond donors (Lipinski definition) is 1. The lowest BCUT2D eigenvalue weighted by Gasteiger charge is -2.08. The SMILES string of the molecule is CS(=O)(=O)c1ccc(NC(=O)COC(=O)c2ccccc2I)cc1. The lowest BCUT2D eigenvalue weighted by molar-refractivity contribution is -0.119. The molecule has 0 spiro atoms. The molecule has 0 aliphatic carbocycles. The molecule has 0 unspecified atom stereocenters. The van der Waals surface area contributed by atoms with Crippen molar-refractivity contribution in [1.29, 1.82) is 0 Å². The van der Waals surface area contributed by atoms with Crippen molar-refractivity contribution in [3.8, 4) is 0 Å². The van der Waals surface area contributed by atoms with Gasteiger partial charge in [-0.3, -0.25) is 4.79 Å². The van der Waals surface area contributed by atoms with Crippen LogP contribution in [0, 0.1) is 3.57 Å². The van der Waals surface area contributed by atoms with Crippen molar-refractivity contribution >= 4 is 50.0 Å². The smallest absolute Gasteiger partial charge is 0.339 e. The molecule has 2 aromatic rings. The van der Waals surface area contributed by atoms with Crippen LogP contribution in [-0.4, -0.2) is 33.2 Å². The van der Waals surface area contributed by atoms with Gasteiger partial charge in [-0.1, -0.05) is 12.1 Å². The van der Waals surface area contributed by atoms with Crippen LogP contribution >= 0.6 is 22.6 Å². The van der Waals surface area contributed by atoms with E-state index in [2.05, 4.69) is 5.32 Å². The van der Waals surface area contributed by atoms with Gasteiger partial charge < -0.3 is 10.1 Å². The van der Waals surface area contributed by atoms with E-state index in [-0.39, 0.29) is 4.90 Å². The maximum atomic E-state index is 11.9. The molecular weight excluding hydrogens is 445 g/mol. The summed E-state index contributed by atoms with van der Waals surface area (Å²) in [4.78, 5) is 23.9. The second-order valence-corrected chi connectivity index (χ2v) is 8.08. The summed E-state index contributed by atoms with van der Waals surface area (Å²) < 4.78 is 28.4. The molecule has 2 rings (SSSR count). The molecule has 0 bridgehead atoms. The zero-order chi connectivity index (χ0) is 17.7. The number of carbonyl (C=O) groups excluding carboxylic acids is 2. The average Bonchev–Trinajstić information content (AvgIpc) is 2.53. The molecule has 0 atom stereocenters. The molecule has 8 heteroatoms. The summed E-state index contributed by atoms with van der Waals surface area (Å²) in [6, 6.07) is 12.6. The van der Waals surface area contributed by atoms with E-state index in [1.807, 2.05) is 22.6 Å². The zero-order valence-electron chi connectivity index (χ0n) is 12.7. The highest BCUT2D eigenvalue weighted by Gasteiger charge is 2.13. The molecule has 0 fully saturated rings. The first kappa shape index (κ1) is 18.4. The molecule has 0 aliphatic heterocycles. The summed E-state index contributed by atoms with van der Waals surface area (Å²) in [6.45, 7) is -0.433. The number of rotatable bonds is 5. The lowest BCUT2D eigenvalue weighted by Crippen LogP contribution is -2.21. The largest absolute Gasteiger partial charge is 0.452 e. The monoisotopic (exact) mass is 459 g/mol. The number of hydrogen-bond acceptors (Lipinski definition) is 5. The van der Waals surface area contributed by atoms with Crippen LogP contribution in [0.4, 0.5) is 5.69 Å². The number of sulfone groups is 1. The number of halogens is 1. The van der Waals surface area contributed by atoms with E-state index >= 15 is 0 Å². The molecule has 0 aromatic heterocycles. The molecule has 0 heterocycles. The van der Waals surface area contributed by atoms with E-state index in [9.17, 15) is 18.0 Å². The Bertz CT molecular complexity index is 862. The third-order valence-electron chi connectivity index (χ3n) is 2.99. The molecule has 2 aromatic carbocycles. The van der Waals surface area contributed by atoms with E-state index in [4.69, 9.17) is 4.74 Å². The Hall–Kier alpha value is -1.94. The van der Waals surface area contributed by atoms with E-state index in [0.29, 0.717) is 11.3 Å². The van der Waals surface area contributed by atoms with Crippen LogP contribution in [0.1, 0.15) is 10.4 Å². The number of amides is 1. The summed E-state index contributed by atoms with van der Waals surface area (Å²) in [5, 5.41) is 2.53. The summed E-state index contributed by atoms with van der Waals surface area (Å²) >= 11 is 2.01. The molecule has 6 nitrogen and oxygen atoms in total. The summed E-state index contributed by atoms with van der Waals surface area (Å²) in [6.07, 6.45) is 1.10. The Morgan fingerprint density at radius 1 is 1.08 bits per heavy atom. The fourth-order valence-corrected chi connectivity index (χ4v) is 3.06. The molecule has 1 N–H and O–H groups in total. The number of benzene rings is 2. The van der Waals surface area contributed by atoms with Crippen LogP contribution in [-0.2, 0) is 19.4 Å². The number of carbonyl (C=O) groups is 2. The zero-order valence-corrected chi connectivity index (χ0v) is 15.6. The Balaban J connectivity index is 1.92. The van der Waals surface area contributed by atoms with Crippen molar-refractivity contribution in [2.45, 2.75) is 4.90 Å². The first-order chi connectivity index (χ1) is 11.3. The third kappa shape index (κ3) is 5.03. The quantitative estimate of drug-likeness (QED) is 0.549. The molecule has 0 saturated carbocycles. The molecule has 126 valence electrons. The van der Waals surface area contributed by atoms with Gasteiger partial charge in [0.05, 0.1) is 10.5 Å². The number of anilines is 1. The van der Waals surface area contributed by atoms with Crippen LogP contribution in [0.5, 0.6) is 0 Å². The molecule has 24 heavy (non-hydrogen) atoms.